The maximum atomic E-state index is 12.7. The van der Waals surface area contributed by atoms with Crippen molar-refractivity contribution in [2.24, 2.45) is 0 Å². The summed E-state index contributed by atoms with van der Waals surface area (Å²) in [6.45, 7) is 4.02. The van der Waals surface area contributed by atoms with Gasteiger partial charge in [-0.2, -0.15) is 0 Å². The Morgan fingerprint density at radius 1 is 1.19 bits per heavy atom. The molecule has 1 amide bonds. The molecule has 1 aromatic heterocycles. The number of carbonyl (C=O) groups excluding carboxylic acids is 1. The molecule has 0 radical (unpaired) electrons. The molecule has 0 saturated carbocycles. The van der Waals surface area contributed by atoms with E-state index in [1.54, 1.807) is 36.7 Å². The molecule has 0 aliphatic carbocycles. The Kier molecular flexibility index (Phi) is 5.98. The van der Waals surface area contributed by atoms with Crippen molar-refractivity contribution in [3.63, 3.8) is 0 Å². The second-order valence-electron chi connectivity index (χ2n) is 6.02. The number of amides is 1. The minimum absolute atomic E-state index is 0.0751. The zero-order valence-electron chi connectivity index (χ0n) is 14.9. The third-order valence-electron chi connectivity index (χ3n) is 4.03. The first-order valence-corrected chi connectivity index (χ1v) is 9.64. The smallest absolute Gasteiger partial charge is 0.287 e. The van der Waals surface area contributed by atoms with E-state index < -0.39 is 0 Å². The fourth-order valence-corrected chi connectivity index (χ4v) is 3.36. The lowest BCUT2D eigenvalue weighted by atomic mass is 10.1. The molecule has 3 aromatic rings. The van der Waals surface area contributed by atoms with Gasteiger partial charge in [-0.1, -0.05) is 35.5 Å². The van der Waals surface area contributed by atoms with E-state index in [0.29, 0.717) is 10.7 Å². The van der Waals surface area contributed by atoms with E-state index in [4.69, 9.17) is 11.6 Å². The molecular weight excluding hydrogens is 382 g/mol. The van der Waals surface area contributed by atoms with Crippen LogP contribution in [0.1, 0.15) is 11.1 Å². The van der Waals surface area contributed by atoms with Crippen LogP contribution in [0.3, 0.4) is 0 Å². The summed E-state index contributed by atoms with van der Waals surface area (Å²) in [5.41, 5.74) is 3.40. The summed E-state index contributed by atoms with van der Waals surface area (Å²) in [7, 11) is 0. The average molecular weight is 400 g/mol. The van der Waals surface area contributed by atoms with E-state index in [1.807, 2.05) is 32.0 Å². The molecule has 0 aliphatic heterocycles. The molecule has 0 fully saturated rings. The quantitative estimate of drug-likeness (QED) is 0.652. The molecule has 2 aromatic carbocycles. The van der Waals surface area contributed by atoms with Crippen LogP contribution in [0.25, 0.3) is 5.69 Å². The second kappa shape index (κ2) is 8.41. The number of halogens is 1. The zero-order valence-corrected chi connectivity index (χ0v) is 16.5. The largest absolute Gasteiger partial charge is 0.325 e. The molecular formula is C20H18ClN3O2S. The van der Waals surface area contributed by atoms with Crippen LogP contribution in [0.15, 0.2) is 64.7 Å². The number of benzene rings is 2. The zero-order chi connectivity index (χ0) is 19.4. The second-order valence-corrected chi connectivity index (χ2v) is 7.42. The van der Waals surface area contributed by atoms with Gasteiger partial charge in [-0.05, 0) is 55.3 Å². The van der Waals surface area contributed by atoms with Gasteiger partial charge in [-0.25, -0.2) is 4.98 Å². The summed E-state index contributed by atoms with van der Waals surface area (Å²) in [5.74, 6) is -0.156. The van der Waals surface area contributed by atoms with E-state index in [1.165, 1.54) is 4.57 Å². The summed E-state index contributed by atoms with van der Waals surface area (Å²) in [4.78, 5) is 29.0. The summed E-state index contributed by atoms with van der Waals surface area (Å²) in [6, 6.07) is 12.7. The van der Waals surface area contributed by atoms with Gasteiger partial charge in [0.1, 0.15) is 0 Å². The van der Waals surface area contributed by atoms with Crippen LogP contribution in [0.4, 0.5) is 5.69 Å². The van der Waals surface area contributed by atoms with Crippen LogP contribution in [0.2, 0.25) is 5.02 Å². The highest BCUT2D eigenvalue weighted by Crippen LogP contribution is 2.17. The number of hydrogen-bond donors (Lipinski definition) is 1. The molecule has 1 heterocycles. The number of thioether (sulfide) groups is 1. The van der Waals surface area contributed by atoms with E-state index in [9.17, 15) is 9.59 Å². The van der Waals surface area contributed by atoms with Gasteiger partial charge in [0.05, 0.1) is 5.75 Å². The third-order valence-corrected chi connectivity index (χ3v) is 5.22. The van der Waals surface area contributed by atoms with Crippen LogP contribution in [0, 0.1) is 13.8 Å². The number of rotatable bonds is 5. The van der Waals surface area contributed by atoms with Crippen molar-refractivity contribution in [2.75, 3.05) is 11.1 Å². The minimum Gasteiger partial charge on any atom is -0.325 e. The number of nitrogens with zero attached hydrogens (tertiary/aromatic N) is 2. The van der Waals surface area contributed by atoms with Crippen LogP contribution in [-0.2, 0) is 4.79 Å². The highest BCUT2D eigenvalue weighted by atomic mass is 35.5. The van der Waals surface area contributed by atoms with Gasteiger partial charge < -0.3 is 5.32 Å². The lowest BCUT2D eigenvalue weighted by Gasteiger charge is -2.09. The van der Waals surface area contributed by atoms with Crippen molar-refractivity contribution in [2.45, 2.75) is 18.9 Å². The molecule has 27 heavy (non-hydrogen) atoms. The molecule has 138 valence electrons. The molecule has 7 heteroatoms. The predicted octanol–water partition coefficient (Wildman–Crippen LogP) is 4.23. The predicted molar refractivity (Wildman–Crippen MR) is 110 cm³/mol. The number of carbonyl (C=O) groups is 1. The fourth-order valence-electron chi connectivity index (χ4n) is 2.47. The van der Waals surface area contributed by atoms with Gasteiger partial charge in [-0.3, -0.25) is 14.2 Å². The Bertz CT molecular complexity index is 1050. The lowest BCUT2D eigenvalue weighted by molar-refractivity contribution is -0.113. The van der Waals surface area contributed by atoms with Crippen LogP contribution >= 0.6 is 23.4 Å². The van der Waals surface area contributed by atoms with E-state index in [2.05, 4.69) is 10.3 Å². The molecule has 0 spiro atoms. The maximum Gasteiger partial charge on any atom is 0.287 e. The van der Waals surface area contributed by atoms with Gasteiger partial charge in [0, 0.05) is 28.8 Å². The number of hydrogen-bond acceptors (Lipinski definition) is 4. The number of aryl methyl sites for hydroxylation is 2. The van der Waals surface area contributed by atoms with E-state index >= 15 is 0 Å². The highest BCUT2D eigenvalue weighted by molar-refractivity contribution is 7.99. The molecule has 1 N–H and O–H groups in total. The normalized spacial score (nSPS) is 10.6. The Morgan fingerprint density at radius 3 is 2.74 bits per heavy atom. The van der Waals surface area contributed by atoms with Crippen molar-refractivity contribution >= 4 is 35.0 Å². The summed E-state index contributed by atoms with van der Waals surface area (Å²) in [5, 5.41) is 3.57. The van der Waals surface area contributed by atoms with Crippen molar-refractivity contribution in [3.8, 4) is 5.69 Å². The monoisotopic (exact) mass is 399 g/mol. The Morgan fingerprint density at radius 2 is 2.00 bits per heavy atom. The summed E-state index contributed by atoms with van der Waals surface area (Å²) < 4.78 is 1.54. The van der Waals surface area contributed by atoms with Crippen LogP contribution in [0.5, 0.6) is 0 Å². The van der Waals surface area contributed by atoms with Gasteiger partial charge in [0.25, 0.3) is 5.56 Å². The molecule has 0 bridgehead atoms. The maximum absolute atomic E-state index is 12.7. The summed E-state index contributed by atoms with van der Waals surface area (Å²) in [6.07, 6.45) is 3.19. The topological polar surface area (TPSA) is 64.0 Å². The molecule has 0 saturated heterocycles. The van der Waals surface area contributed by atoms with E-state index in [0.717, 1.165) is 28.6 Å². The highest BCUT2D eigenvalue weighted by Gasteiger charge is 2.11. The third kappa shape index (κ3) is 4.78. The standard InChI is InChI=1S/C20H18ClN3O2S/c1-13-6-7-17(10-14(13)2)24-9-8-22-19(20(24)26)27-12-18(25)23-16-5-3-4-15(21)11-16/h3-11H,12H2,1-2H3,(H,23,25). The van der Waals surface area contributed by atoms with Crippen molar-refractivity contribution in [3.05, 3.63) is 81.4 Å². The van der Waals surface area contributed by atoms with Gasteiger partial charge in [0.15, 0.2) is 5.03 Å². The van der Waals surface area contributed by atoms with Crippen molar-refractivity contribution in [1.29, 1.82) is 0 Å². The van der Waals surface area contributed by atoms with Gasteiger partial charge in [0.2, 0.25) is 5.91 Å². The SMILES string of the molecule is Cc1ccc(-n2ccnc(SCC(=O)Nc3cccc(Cl)c3)c2=O)cc1C. The van der Waals surface area contributed by atoms with Crippen molar-refractivity contribution in [1.82, 2.24) is 9.55 Å². The summed E-state index contributed by atoms with van der Waals surface area (Å²) >= 11 is 7.01. The van der Waals surface area contributed by atoms with Gasteiger partial charge >= 0.3 is 0 Å². The van der Waals surface area contributed by atoms with Crippen LogP contribution < -0.4 is 10.9 Å². The molecule has 5 nitrogen and oxygen atoms in total. The van der Waals surface area contributed by atoms with Crippen molar-refractivity contribution < 1.29 is 4.79 Å². The number of anilines is 1. The van der Waals surface area contributed by atoms with Crippen LogP contribution in [-0.4, -0.2) is 21.2 Å². The lowest BCUT2D eigenvalue weighted by Crippen LogP contribution is -2.22. The Labute approximate surface area is 166 Å². The molecule has 3 rings (SSSR count). The van der Waals surface area contributed by atoms with Gasteiger partial charge in [-0.15, -0.1) is 0 Å². The molecule has 0 unspecified atom stereocenters. The molecule has 0 aliphatic rings. The van der Waals surface area contributed by atoms with E-state index in [-0.39, 0.29) is 22.2 Å². The first kappa shape index (κ1) is 19.2. The Hall–Kier alpha value is -2.57. The fraction of sp³-hybridized carbons (Fsp3) is 0.150. The number of nitrogens with one attached hydrogen (secondary N) is 1. The number of aromatic nitrogens is 2. The Balaban J connectivity index is 1.73. The molecule has 0 atom stereocenters. The minimum atomic E-state index is -0.249. The first-order valence-electron chi connectivity index (χ1n) is 8.27. The average Bonchev–Trinajstić information content (AvgIpc) is 2.63. The first-order chi connectivity index (χ1) is 12.9.